The third kappa shape index (κ3) is 2.55. The molecule has 0 N–H and O–H groups in total. The molecule has 0 amide bonds. The monoisotopic (exact) mass is 448 g/mol. The van der Waals surface area contributed by atoms with Gasteiger partial charge in [0.05, 0.1) is 0 Å². The molecule has 31 heavy (non-hydrogen) atoms. The molecule has 0 fully saturated rings. The van der Waals surface area contributed by atoms with Gasteiger partial charge in [-0.1, -0.05) is 100.0 Å². The van der Waals surface area contributed by atoms with Crippen molar-refractivity contribution in [1.29, 1.82) is 0 Å². The van der Waals surface area contributed by atoms with Crippen LogP contribution in [-0.4, -0.2) is 0 Å². The van der Waals surface area contributed by atoms with Crippen LogP contribution in [0.1, 0.15) is 0 Å². The maximum atomic E-state index is 2.54. The summed E-state index contributed by atoms with van der Waals surface area (Å²) in [7, 11) is -0.993. The van der Waals surface area contributed by atoms with E-state index >= 15 is 0 Å². The van der Waals surface area contributed by atoms with E-state index in [4.69, 9.17) is 0 Å². The zero-order valence-electron chi connectivity index (χ0n) is 16.7. The van der Waals surface area contributed by atoms with Crippen LogP contribution >= 0.6 is 26.4 Å². The minimum Gasteiger partial charge on any atom is -0.151 e. The number of hydrogen-bond donors (Lipinski definition) is 0. The summed E-state index contributed by atoms with van der Waals surface area (Å²) in [5, 5.41) is 19.5. The molecule has 0 radical (unpaired) electrons. The van der Waals surface area contributed by atoms with Crippen LogP contribution in [0.3, 0.4) is 0 Å². The Morgan fingerprint density at radius 2 is 0.968 bits per heavy atom. The highest BCUT2D eigenvalue weighted by atomic mass is 32.1. The molecule has 0 saturated carbocycles. The van der Waals surface area contributed by atoms with Crippen molar-refractivity contribution in [3.63, 3.8) is 0 Å². The maximum absolute atomic E-state index is 2.54. The lowest BCUT2D eigenvalue weighted by Gasteiger charge is -2.05. The van der Waals surface area contributed by atoms with Gasteiger partial charge in [-0.05, 0) is 44.3 Å². The second-order valence-electron chi connectivity index (χ2n) is 7.92. The van der Waals surface area contributed by atoms with E-state index in [1.54, 1.807) is 0 Å². The molecular weight excluding hydrogens is 430 g/mol. The number of benzene rings is 4. The van der Waals surface area contributed by atoms with Crippen molar-refractivity contribution < 1.29 is 0 Å². The molecule has 2 unspecified atom stereocenters. The van der Waals surface area contributed by atoms with Gasteiger partial charge in [-0.3, -0.25) is 0 Å². The molecule has 0 aliphatic rings. The van der Waals surface area contributed by atoms with Gasteiger partial charge in [0.2, 0.25) is 0 Å². The summed E-state index contributed by atoms with van der Waals surface area (Å²) in [5.41, 5.74) is 0. The van der Waals surface area contributed by atoms with E-state index in [2.05, 4.69) is 108 Å². The number of hydrogen-bond acceptors (Lipinski definition) is 1. The molecule has 4 aromatic carbocycles. The fourth-order valence-corrected chi connectivity index (χ4v) is 11.4. The molecule has 3 aromatic heterocycles. The first-order valence-electron chi connectivity index (χ1n) is 10.4. The summed E-state index contributed by atoms with van der Waals surface area (Å²) in [6.07, 6.45) is 0. The van der Waals surface area contributed by atoms with Gasteiger partial charge in [0.25, 0.3) is 0 Å². The minimum atomic E-state index is -0.511. The van der Waals surface area contributed by atoms with E-state index in [-0.39, 0.29) is 0 Å². The first-order chi connectivity index (χ1) is 15.4. The Balaban J connectivity index is 1.69. The van der Waals surface area contributed by atoms with Crippen LogP contribution in [0.5, 0.6) is 0 Å². The average Bonchev–Trinajstić information content (AvgIpc) is 3.50. The van der Waals surface area contributed by atoms with Crippen LogP contribution in [0.15, 0.2) is 108 Å². The van der Waals surface area contributed by atoms with E-state index in [0.717, 1.165) is 0 Å². The zero-order chi connectivity index (χ0) is 20.4. The van der Waals surface area contributed by atoms with Crippen molar-refractivity contribution in [1.82, 2.24) is 0 Å². The van der Waals surface area contributed by atoms with Gasteiger partial charge in [-0.2, -0.15) is 11.3 Å². The smallest absolute Gasteiger partial charge is 0.0175 e. The van der Waals surface area contributed by atoms with Crippen LogP contribution in [0, 0.1) is 0 Å². The lowest BCUT2D eigenvalue weighted by molar-refractivity contribution is 1.76. The van der Waals surface area contributed by atoms with Crippen molar-refractivity contribution in [2.24, 2.45) is 0 Å². The molecule has 146 valence electrons. The van der Waals surface area contributed by atoms with Crippen molar-refractivity contribution >= 4 is 68.4 Å². The lowest BCUT2D eigenvalue weighted by Crippen LogP contribution is -1.69. The maximum Gasteiger partial charge on any atom is 0.0175 e. The zero-order valence-corrected chi connectivity index (χ0v) is 19.3. The predicted molar refractivity (Wildman–Crippen MR) is 142 cm³/mol. The van der Waals surface area contributed by atoms with Gasteiger partial charge in [-0.25, -0.2) is 0 Å². The Bertz CT molecular complexity index is 1720. The largest absolute Gasteiger partial charge is 0.151 e. The molecule has 2 atom stereocenters. The van der Waals surface area contributed by atoms with Gasteiger partial charge in [0.15, 0.2) is 0 Å². The fourth-order valence-electron chi connectivity index (χ4n) is 4.91. The van der Waals surface area contributed by atoms with Crippen LogP contribution in [-0.2, 0) is 0 Å². The first kappa shape index (κ1) is 17.8. The molecule has 7 aromatic rings. The number of thiophene rings is 1. The summed E-state index contributed by atoms with van der Waals surface area (Å²) >= 11 is 1.84. The Hall–Kier alpha value is -2.82. The summed E-state index contributed by atoms with van der Waals surface area (Å²) in [4.78, 5) is 0. The molecule has 7 rings (SSSR count). The fraction of sp³-hybridized carbons (Fsp3) is 0. The molecule has 0 aliphatic carbocycles. The second-order valence-corrected chi connectivity index (χ2v) is 13.0. The third-order valence-electron chi connectivity index (χ3n) is 6.23. The Labute approximate surface area is 186 Å². The van der Waals surface area contributed by atoms with Gasteiger partial charge < -0.3 is 0 Å². The molecular formula is C28H18P2S. The van der Waals surface area contributed by atoms with Crippen molar-refractivity contribution in [3.05, 3.63) is 108 Å². The van der Waals surface area contributed by atoms with E-state index in [1.165, 1.54) is 52.6 Å². The van der Waals surface area contributed by atoms with Gasteiger partial charge >= 0.3 is 0 Å². The topological polar surface area (TPSA) is 0 Å². The predicted octanol–water partition coefficient (Wildman–Crippen LogP) is 10.3. The van der Waals surface area contributed by atoms with E-state index in [1.807, 2.05) is 11.3 Å². The summed E-state index contributed by atoms with van der Waals surface area (Å²) in [5.74, 6) is 0. The standard InChI is InChI=1S/C28H18P2S/c1-3-9-19(10-4-1)29-25-14-8-7-13-21(25)22-15-27-23(16-26(22)29)24-17-31-18-28(24)30(27)20-11-5-2-6-12-20/h1-18H. The average molecular weight is 448 g/mol. The SMILES string of the molecule is c1ccc(-p2c3ccccc3c3cc4c(cc32)c2cscc2p4-c2ccccc2)cc1. The normalized spacial score (nSPS) is 13.0. The highest BCUT2D eigenvalue weighted by molar-refractivity contribution is 7.69. The van der Waals surface area contributed by atoms with Crippen LogP contribution in [0.4, 0.5) is 0 Å². The molecule has 0 nitrogen and oxygen atoms in total. The number of rotatable bonds is 2. The summed E-state index contributed by atoms with van der Waals surface area (Å²) < 4.78 is 0. The Morgan fingerprint density at radius 3 is 1.65 bits per heavy atom. The first-order valence-corrected chi connectivity index (χ1v) is 14.1. The van der Waals surface area contributed by atoms with Gasteiger partial charge in [0, 0.05) is 31.2 Å². The van der Waals surface area contributed by atoms with Crippen LogP contribution < -0.4 is 0 Å². The summed E-state index contributed by atoms with van der Waals surface area (Å²) in [6, 6.07) is 36.3. The summed E-state index contributed by atoms with van der Waals surface area (Å²) in [6.45, 7) is 0. The van der Waals surface area contributed by atoms with Crippen molar-refractivity contribution in [3.8, 4) is 10.6 Å². The highest BCUT2D eigenvalue weighted by Crippen LogP contribution is 2.61. The van der Waals surface area contributed by atoms with E-state index < -0.39 is 15.1 Å². The minimum absolute atomic E-state index is 0.482. The molecule has 0 spiro atoms. The van der Waals surface area contributed by atoms with Crippen LogP contribution in [0.25, 0.3) is 52.6 Å². The van der Waals surface area contributed by atoms with E-state index in [0.29, 0.717) is 0 Å². The molecule has 0 saturated heterocycles. The quantitative estimate of drug-likeness (QED) is 0.247. The lowest BCUT2D eigenvalue weighted by atomic mass is 10.1. The van der Waals surface area contributed by atoms with Gasteiger partial charge in [-0.15, -0.1) is 0 Å². The Kier molecular flexibility index (Phi) is 3.93. The van der Waals surface area contributed by atoms with E-state index in [9.17, 15) is 0 Å². The Morgan fingerprint density at radius 1 is 0.419 bits per heavy atom. The third-order valence-corrected chi connectivity index (χ3v) is 12.2. The van der Waals surface area contributed by atoms with Gasteiger partial charge in [0.1, 0.15) is 0 Å². The number of fused-ring (bicyclic) bond motifs is 6. The highest BCUT2D eigenvalue weighted by Gasteiger charge is 2.19. The van der Waals surface area contributed by atoms with Crippen LogP contribution in [0.2, 0.25) is 0 Å². The molecule has 0 bridgehead atoms. The second kappa shape index (κ2) is 6.84. The van der Waals surface area contributed by atoms with Crippen molar-refractivity contribution in [2.45, 2.75) is 0 Å². The van der Waals surface area contributed by atoms with Crippen molar-refractivity contribution in [2.75, 3.05) is 0 Å². The molecule has 0 aliphatic heterocycles. The molecule has 3 heteroatoms. The molecule has 3 heterocycles.